The molecule has 0 aromatic heterocycles. The highest BCUT2D eigenvalue weighted by molar-refractivity contribution is 7.96. The standard InChI is InChI=1S/C14H18N2O2S/c1-10(17)11-3-2-4-12(9-11)13(14(18)19)16-7-5-15-6-8-16/h2-4,9,13,15H,5-8H2,1H3,(H,18,19). The fourth-order valence-electron chi connectivity index (χ4n) is 2.38. The Bertz CT molecular complexity index is 484. The SMILES string of the molecule is CC(=O)c1cccc(C(C(=O)S)N2CCNCC2)c1. The number of nitrogens with one attached hydrogen (secondary N) is 1. The minimum absolute atomic E-state index is 0.00697. The average Bonchev–Trinajstić information content (AvgIpc) is 2.40. The van der Waals surface area contributed by atoms with Crippen molar-refractivity contribution in [3.05, 3.63) is 35.4 Å². The van der Waals surface area contributed by atoms with Gasteiger partial charge in [-0.15, -0.1) is 12.6 Å². The van der Waals surface area contributed by atoms with Crippen molar-refractivity contribution in [1.29, 1.82) is 0 Å². The fraction of sp³-hybridized carbons (Fsp3) is 0.429. The third-order valence-electron chi connectivity index (χ3n) is 3.36. The lowest BCUT2D eigenvalue weighted by molar-refractivity contribution is -0.116. The molecule has 0 radical (unpaired) electrons. The molecule has 1 aliphatic rings. The number of hydrogen-bond acceptors (Lipinski definition) is 4. The summed E-state index contributed by atoms with van der Waals surface area (Å²) in [6, 6.07) is 6.89. The van der Waals surface area contributed by atoms with Gasteiger partial charge in [0.2, 0.25) is 5.12 Å². The summed E-state index contributed by atoms with van der Waals surface area (Å²) in [5.41, 5.74) is 1.47. The second-order valence-electron chi connectivity index (χ2n) is 4.71. The van der Waals surface area contributed by atoms with Crippen LogP contribution in [0.3, 0.4) is 0 Å². The number of ketones is 1. The number of thiol groups is 1. The van der Waals surface area contributed by atoms with E-state index in [1.807, 2.05) is 12.1 Å². The maximum atomic E-state index is 11.8. The van der Waals surface area contributed by atoms with Gasteiger partial charge in [0.05, 0.1) is 0 Å². The Morgan fingerprint density at radius 3 is 2.58 bits per heavy atom. The van der Waals surface area contributed by atoms with Gasteiger partial charge < -0.3 is 5.32 Å². The van der Waals surface area contributed by atoms with Crippen molar-refractivity contribution in [3.8, 4) is 0 Å². The van der Waals surface area contributed by atoms with Crippen molar-refractivity contribution in [2.75, 3.05) is 26.2 Å². The molecule has 1 unspecified atom stereocenters. The molecule has 1 saturated heterocycles. The van der Waals surface area contributed by atoms with E-state index in [1.54, 1.807) is 12.1 Å². The van der Waals surface area contributed by atoms with Gasteiger partial charge in [0.25, 0.3) is 0 Å². The summed E-state index contributed by atoms with van der Waals surface area (Å²) in [5.74, 6) is 0.00697. The quantitative estimate of drug-likeness (QED) is 0.644. The van der Waals surface area contributed by atoms with Gasteiger partial charge in [-0.25, -0.2) is 0 Å². The predicted octanol–water partition coefficient (Wildman–Crippen LogP) is 1.29. The maximum absolute atomic E-state index is 11.8. The van der Waals surface area contributed by atoms with Crippen LogP contribution < -0.4 is 5.32 Å². The van der Waals surface area contributed by atoms with Crippen LogP contribution in [0.2, 0.25) is 0 Å². The molecular weight excluding hydrogens is 260 g/mol. The van der Waals surface area contributed by atoms with Crippen LogP contribution in [0.4, 0.5) is 0 Å². The Balaban J connectivity index is 2.30. The first-order chi connectivity index (χ1) is 9.09. The first kappa shape index (κ1) is 14.2. The molecule has 5 heteroatoms. The number of nitrogens with zero attached hydrogens (tertiary/aromatic N) is 1. The third-order valence-corrected chi connectivity index (χ3v) is 3.60. The molecule has 19 heavy (non-hydrogen) atoms. The summed E-state index contributed by atoms with van der Waals surface area (Å²) in [6.07, 6.45) is 0. The molecule has 0 spiro atoms. The number of carbonyl (C=O) groups excluding carboxylic acids is 2. The summed E-state index contributed by atoms with van der Waals surface area (Å²) in [5, 5.41) is 3.08. The monoisotopic (exact) mass is 278 g/mol. The van der Waals surface area contributed by atoms with Gasteiger partial charge in [-0.1, -0.05) is 18.2 Å². The van der Waals surface area contributed by atoms with Gasteiger partial charge in [0.15, 0.2) is 5.78 Å². The van der Waals surface area contributed by atoms with E-state index in [4.69, 9.17) is 0 Å². The summed E-state index contributed by atoms with van der Waals surface area (Å²) < 4.78 is 0. The lowest BCUT2D eigenvalue weighted by atomic mass is 10.0. The minimum Gasteiger partial charge on any atom is -0.314 e. The molecule has 102 valence electrons. The number of Topliss-reactive ketones (excluding diaryl/α,β-unsaturated/α-hetero) is 1. The number of benzene rings is 1. The molecule has 1 aromatic rings. The van der Waals surface area contributed by atoms with E-state index in [9.17, 15) is 9.59 Å². The van der Waals surface area contributed by atoms with Gasteiger partial charge in [-0.2, -0.15) is 0 Å². The van der Waals surface area contributed by atoms with Crippen molar-refractivity contribution in [2.24, 2.45) is 0 Å². The van der Waals surface area contributed by atoms with Crippen molar-refractivity contribution < 1.29 is 9.59 Å². The lowest BCUT2D eigenvalue weighted by Crippen LogP contribution is -2.46. The molecule has 1 aliphatic heterocycles. The first-order valence-corrected chi connectivity index (χ1v) is 6.83. The van der Waals surface area contributed by atoms with Gasteiger partial charge in [0.1, 0.15) is 6.04 Å². The Labute approximate surface area is 118 Å². The van der Waals surface area contributed by atoms with Gasteiger partial charge in [-0.05, 0) is 18.6 Å². The first-order valence-electron chi connectivity index (χ1n) is 6.38. The van der Waals surface area contributed by atoms with Gasteiger partial charge in [0, 0.05) is 31.7 Å². The van der Waals surface area contributed by atoms with E-state index in [0.29, 0.717) is 5.56 Å². The second-order valence-corrected chi connectivity index (χ2v) is 5.15. The number of piperazine rings is 1. The highest BCUT2D eigenvalue weighted by atomic mass is 32.1. The van der Waals surface area contributed by atoms with E-state index in [2.05, 4.69) is 22.8 Å². The lowest BCUT2D eigenvalue weighted by Gasteiger charge is -2.33. The molecule has 1 aromatic carbocycles. The second kappa shape index (κ2) is 6.32. The van der Waals surface area contributed by atoms with Crippen molar-refractivity contribution >= 4 is 23.5 Å². The summed E-state index contributed by atoms with van der Waals surface area (Å²) >= 11 is 4.01. The molecule has 1 atom stereocenters. The molecule has 4 nitrogen and oxygen atoms in total. The molecule has 2 rings (SSSR count). The van der Waals surface area contributed by atoms with Crippen LogP contribution in [0, 0.1) is 0 Å². The zero-order chi connectivity index (χ0) is 13.8. The minimum atomic E-state index is -0.371. The summed E-state index contributed by atoms with van der Waals surface area (Å²) in [6.45, 7) is 4.87. The molecule has 1 N–H and O–H groups in total. The molecule has 1 fully saturated rings. The number of carbonyl (C=O) groups is 2. The van der Waals surface area contributed by atoms with Crippen LogP contribution in [0.1, 0.15) is 28.9 Å². The van der Waals surface area contributed by atoms with Crippen LogP contribution in [0.25, 0.3) is 0 Å². The van der Waals surface area contributed by atoms with E-state index in [-0.39, 0.29) is 16.9 Å². The molecule has 0 saturated carbocycles. The summed E-state index contributed by atoms with van der Waals surface area (Å²) in [4.78, 5) is 25.4. The van der Waals surface area contributed by atoms with E-state index in [0.717, 1.165) is 31.7 Å². The van der Waals surface area contributed by atoms with E-state index in [1.165, 1.54) is 6.92 Å². The molecule has 1 heterocycles. The van der Waals surface area contributed by atoms with Crippen LogP contribution in [0.15, 0.2) is 24.3 Å². The normalized spacial score (nSPS) is 18.0. The molecule has 0 amide bonds. The third kappa shape index (κ3) is 3.43. The van der Waals surface area contributed by atoms with Crippen LogP contribution in [-0.4, -0.2) is 42.0 Å². The average molecular weight is 278 g/mol. The van der Waals surface area contributed by atoms with Crippen LogP contribution in [-0.2, 0) is 4.79 Å². The highest BCUT2D eigenvalue weighted by Gasteiger charge is 2.26. The van der Waals surface area contributed by atoms with E-state index < -0.39 is 0 Å². The van der Waals surface area contributed by atoms with E-state index >= 15 is 0 Å². The predicted molar refractivity (Wildman–Crippen MR) is 77.6 cm³/mol. The highest BCUT2D eigenvalue weighted by Crippen LogP contribution is 2.24. The molecule has 0 bridgehead atoms. The fourth-order valence-corrected chi connectivity index (χ4v) is 2.69. The topological polar surface area (TPSA) is 49.4 Å². The van der Waals surface area contributed by atoms with Gasteiger partial charge >= 0.3 is 0 Å². The smallest absolute Gasteiger partial charge is 0.207 e. The van der Waals surface area contributed by atoms with Gasteiger partial charge in [-0.3, -0.25) is 14.5 Å². The Morgan fingerprint density at radius 2 is 2.00 bits per heavy atom. The van der Waals surface area contributed by atoms with Crippen molar-refractivity contribution in [3.63, 3.8) is 0 Å². The maximum Gasteiger partial charge on any atom is 0.207 e. The summed E-state index contributed by atoms with van der Waals surface area (Å²) in [7, 11) is 0. The molecular formula is C14H18N2O2S. The zero-order valence-corrected chi connectivity index (χ0v) is 11.8. The number of rotatable bonds is 4. The zero-order valence-electron chi connectivity index (χ0n) is 10.9. The van der Waals surface area contributed by atoms with Crippen molar-refractivity contribution in [2.45, 2.75) is 13.0 Å². The van der Waals surface area contributed by atoms with Crippen LogP contribution in [0.5, 0.6) is 0 Å². The Morgan fingerprint density at radius 1 is 1.32 bits per heavy atom. The molecule has 0 aliphatic carbocycles. The largest absolute Gasteiger partial charge is 0.314 e. The van der Waals surface area contributed by atoms with Crippen molar-refractivity contribution in [1.82, 2.24) is 10.2 Å². The van der Waals surface area contributed by atoms with Crippen LogP contribution >= 0.6 is 12.6 Å². The Kier molecular flexibility index (Phi) is 4.74. The Hall–Kier alpha value is -1.17. The number of hydrogen-bond donors (Lipinski definition) is 2.